The van der Waals surface area contributed by atoms with Gasteiger partial charge in [-0.15, -0.1) is 0 Å². The van der Waals surface area contributed by atoms with Crippen molar-refractivity contribution < 1.29 is 27.2 Å². The molecule has 26 heavy (non-hydrogen) atoms. The molecule has 0 unspecified atom stereocenters. The lowest BCUT2D eigenvalue weighted by Crippen LogP contribution is -2.28. The molecule has 0 saturated carbocycles. The fourth-order valence-electron chi connectivity index (χ4n) is 2.04. The first kappa shape index (κ1) is 19.7. The lowest BCUT2D eigenvalue weighted by molar-refractivity contribution is -0.137. The van der Waals surface area contributed by atoms with Crippen LogP contribution in [0.1, 0.15) is 17.5 Å². The van der Waals surface area contributed by atoms with Crippen molar-refractivity contribution in [3.8, 4) is 0 Å². The van der Waals surface area contributed by atoms with Crippen molar-refractivity contribution in [3.05, 3.63) is 64.4 Å². The number of hydrogen-bond acceptors (Lipinski definition) is 2. The molecule has 0 bridgehead atoms. The molecule has 9 heteroatoms. The number of rotatable bonds is 5. The highest BCUT2D eigenvalue weighted by molar-refractivity contribution is 6.33. The molecule has 2 rings (SSSR count). The maximum Gasteiger partial charge on any atom is 0.416 e. The second-order valence-electron chi connectivity index (χ2n) is 5.29. The topological polar surface area (TPSA) is 58.2 Å². The van der Waals surface area contributed by atoms with Crippen molar-refractivity contribution in [2.45, 2.75) is 19.1 Å². The average molecular weight is 389 g/mol. The van der Waals surface area contributed by atoms with Crippen molar-refractivity contribution in [1.82, 2.24) is 5.32 Å². The minimum atomic E-state index is -4.60. The molecule has 0 radical (unpaired) electrons. The fourth-order valence-corrected chi connectivity index (χ4v) is 2.20. The average Bonchev–Trinajstić information content (AvgIpc) is 2.55. The van der Waals surface area contributed by atoms with Crippen LogP contribution in [0.4, 0.5) is 23.2 Å². The predicted molar refractivity (Wildman–Crippen MR) is 87.9 cm³/mol. The summed E-state index contributed by atoms with van der Waals surface area (Å²) >= 11 is 5.76. The minimum absolute atomic E-state index is 0.0990. The van der Waals surface area contributed by atoms with E-state index >= 15 is 0 Å². The first-order chi connectivity index (χ1) is 12.2. The van der Waals surface area contributed by atoms with Crippen molar-refractivity contribution in [2.24, 2.45) is 0 Å². The molecular formula is C17H13ClF4N2O2. The SMILES string of the molecule is O=C(CC(=O)Nc1cc(C(F)(F)F)ccc1Cl)NCc1ccccc1F. The maximum absolute atomic E-state index is 13.4. The van der Waals surface area contributed by atoms with Crippen LogP contribution in [-0.2, 0) is 22.3 Å². The van der Waals surface area contributed by atoms with Gasteiger partial charge in [0.2, 0.25) is 11.8 Å². The van der Waals surface area contributed by atoms with E-state index in [1.807, 2.05) is 0 Å². The number of halogens is 5. The van der Waals surface area contributed by atoms with E-state index in [2.05, 4.69) is 10.6 Å². The normalized spacial score (nSPS) is 11.1. The standard InChI is InChI=1S/C17H13ClF4N2O2/c18-12-6-5-11(17(20,21)22)7-14(12)24-16(26)8-15(25)23-9-10-3-1-2-4-13(10)19/h1-7H,8-9H2,(H,23,25)(H,24,26). The van der Waals surface area contributed by atoms with Gasteiger partial charge < -0.3 is 10.6 Å². The van der Waals surface area contributed by atoms with E-state index in [-0.39, 0.29) is 22.8 Å². The molecule has 0 aliphatic heterocycles. The van der Waals surface area contributed by atoms with Gasteiger partial charge in [-0.3, -0.25) is 9.59 Å². The molecule has 0 aliphatic rings. The molecule has 0 saturated heterocycles. The van der Waals surface area contributed by atoms with Gasteiger partial charge in [-0.1, -0.05) is 29.8 Å². The molecule has 2 N–H and O–H groups in total. The molecular weight excluding hydrogens is 376 g/mol. The zero-order chi connectivity index (χ0) is 19.3. The number of carbonyl (C=O) groups is 2. The molecule has 2 aromatic rings. The molecule has 4 nitrogen and oxygen atoms in total. The summed E-state index contributed by atoms with van der Waals surface area (Å²) in [4.78, 5) is 23.6. The molecule has 0 aromatic heterocycles. The Morgan fingerprint density at radius 1 is 1.04 bits per heavy atom. The maximum atomic E-state index is 13.4. The Morgan fingerprint density at radius 2 is 1.73 bits per heavy atom. The third-order valence-electron chi connectivity index (χ3n) is 3.32. The van der Waals surface area contributed by atoms with Crippen molar-refractivity contribution in [3.63, 3.8) is 0 Å². The first-order valence-corrected chi connectivity index (χ1v) is 7.71. The van der Waals surface area contributed by atoms with Crippen molar-refractivity contribution >= 4 is 29.1 Å². The summed E-state index contributed by atoms with van der Waals surface area (Å²) in [5.74, 6) is -2.07. The van der Waals surface area contributed by atoms with Gasteiger partial charge in [-0.25, -0.2) is 4.39 Å². The summed E-state index contributed by atoms with van der Waals surface area (Å²) in [5, 5.41) is 4.41. The summed E-state index contributed by atoms with van der Waals surface area (Å²) < 4.78 is 51.5. The summed E-state index contributed by atoms with van der Waals surface area (Å²) in [6.07, 6.45) is -5.25. The van der Waals surface area contributed by atoms with Crippen molar-refractivity contribution in [2.75, 3.05) is 5.32 Å². The predicted octanol–water partition coefficient (Wildman–Crippen LogP) is 4.14. The van der Waals surface area contributed by atoms with Gasteiger partial charge in [0.1, 0.15) is 12.2 Å². The zero-order valence-corrected chi connectivity index (χ0v) is 13.9. The monoisotopic (exact) mass is 388 g/mol. The summed E-state index contributed by atoms with van der Waals surface area (Å²) in [7, 11) is 0. The fraction of sp³-hybridized carbons (Fsp3) is 0.176. The third kappa shape index (κ3) is 5.45. The molecule has 0 aliphatic carbocycles. The van der Waals surface area contributed by atoms with Crippen LogP contribution in [0.5, 0.6) is 0 Å². The van der Waals surface area contributed by atoms with Crippen LogP contribution in [0, 0.1) is 5.82 Å². The van der Waals surface area contributed by atoms with E-state index in [9.17, 15) is 27.2 Å². The summed E-state index contributed by atoms with van der Waals surface area (Å²) in [5.41, 5.74) is -1.00. The van der Waals surface area contributed by atoms with Crippen LogP contribution in [0.15, 0.2) is 42.5 Å². The number of hydrogen-bond donors (Lipinski definition) is 2. The minimum Gasteiger partial charge on any atom is -0.351 e. The number of carbonyl (C=O) groups excluding carboxylic acids is 2. The van der Waals surface area contributed by atoms with Gasteiger partial charge >= 0.3 is 6.18 Å². The summed E-state index contributed by atoms with van der Waals surface area (Å²) in [6, 6.07) is 8.23. The number of anilines is 1. The van der Waals surface area contributed by atoms with E-state index in [0.29, 0.717) is 6.07 Å². The van der Waals surface area contributed by atoms with Gasteiger partial charge in [0.15, 0.2) is 0 Å². The van der Waals surface area contributed by atoms with Crippen LogP contribution >= 0.6 is 11.6 Å². The Balaban J connectivity index is 1.94. The Hall–Kier alpha value is -2.61. The Morgan fingerprint density at radius 3 is 2.38 bits per heavy atom. The quantitative estimate of drug-likeness (QED) is 0.597. The highest BCUT2D eigenvalue weighted by atomic mass is 35.5. The van der Waals surface area contributed by atoms with Crippen LogP contribution in [-0.4, -0.2) is 11.8 Å². The lowest BCUT2D eigenvalue weighted by atomic mass is 10.2. The molecule has 0 heterocycles. The van der Waals surface area contributed by atoms with Crippen LogP contribution in [0.2, 0.25) is 5.02 Å². The number of alkyl halides is 3. The van der Waals surface area contributed by atoms with E-state index < -0.39 is 35.8 Å². The van der Waals surface area contributed by atoms with Gasteiger partial charge in [-0.05, 0) is 24.3 Å². The Kier molecular flexibility index (Phi) is 6.20. The molecule has 2 amide bonds. The molecule has 0 fully saturated rings. The first-order valence-electron chi connectivity index (χ1n) is 7.33. The van der Waals surface area contributed by atoms with Gasteiger partial charge in [0.05, 0.1) is 16.3 Å². The zero-order valence-electron chi connectivity index (χ0n) is 13.2. The highest BCUT2D eigenvalue weighted by Crippen LogP contribution is 2.33. The third-order valence-corrected chi connectivity index (χ3v) is 3.65. The molecule has 0 atom stereocenters. The summed E-state index contributed by atoms with van der Waals surface area (Å²) in [6.45, 7) is -0.122. The Labute approximate surface area is 151 Å². The molecule has 0 spiro atoms. The van der Waals surface area contributed by atoms with E-state index in [0.717, 1.165) is 12.1 Å². The lowest BCUT2D eigenvalue weighted by Gasteiger charge is -2.12. The van der Waals surface area contributed by atoms with E-state index in [1.54, 1.807) is 6.07 Å². The Bertz CT molecular complexity index is 825. The second kappa shape index (κ2) is 8.18. The largest absolute Gasteiger partial charge is 0.416 e. The van der Waals surface area contributed by atoms with Gasteiger partial charge in [0, 0.05) is 12.1 Å². The molecule has 2 aromatic carbocycles. The number of amides is 2. The van der Waals surface area contributed by atoms with Crippen LogP contribution in [0.3, 0.4) is 0 Å². The van der Waals surface area contributed by atoms with Crippen LogP contribution in [0.25, 0.3) is 0 Å². The van der Waals surface area contributed by atoms with Crippen molar-refractivity contribution in [1.29, 1.82) is 0 Å². The van der Waals surface area contributed by atoms with Crippen LogP contribution < -0.4 is 10.6 Å². The van der Waals surface area contributed by atoms with E-state index in [1.165, 1.54) is 18.2 Å². The number of nitrogens with one attached hydrogen (secondary N) is 2. The second-order valence-corrected chi connectivity index (χ2v) is 5.69. The highest BCUT2D eigenvalue weighted by Gasteiger charge is 2.31. The van der Waals surface area contributed by atoms with Gasteiger partial charge in [0.25, 0.3) is 0 Å². The smallest absolute Gasteiger partial charge is 0.351 e. The van der Waals surface area contributed by atoms with Gasteiger partial charge in [-0.2, -0.15) is 13.2 Å². The van der Waals surface area contributed by atoms with E-state index in [4.69, 9.17) is 11.6 Å². The number of benzene rings is 2. The molecule has 138 valence electrons.